The Bertz CT molecular complexity index is 418. The van der Waals surface area contributed by atoms with Gasteiger partial charge < -0.3 is 15.0 Å². The molecule has 0 spiro atoms. The van der Waals surface area contributed by atoms with Crippen molar-refractivity contribution < 1.29 is 4.74 Å². The van der Waals surface area contributed by atoms with Gasteiger partial charge in [-0.2, -0.15) is 4.98 Å². The first-order valence-corrected chi connectivity index (χ1v) is 8.16. The van der Waals surface area contributed by atoms with E-state index in [0.29, 0.717) is 11.9 Å². The number of ether oxygens (including phenoxy) is 1. The molecule has 21 heavy (non-hydrogen) atoms. The maximum absolute atomic E-state index is 5.66. The average molecular weight is 292 g/mol. The first kappa shape index (κ1) is 16.0. The van der Waals surface area contributed by atoms with Crippen LogP contribution >= 0.6 is 0 Å². The highest BCUT2D eigenvalue weighted by Gasteiger charge is 2.18. The maximum Gasteiger partial charge on any atom is 0.234 e. The summed E-state index contributed by atoms with van der Waals surface area (Å²) in [6.45, 7) is 9.33. The molecular formula is C16H28N4O. The molecule has 118 valence electrons. The first-order chi connectivity index (χ1) is 10.2. The lowest BCUT2D eigenvalue weighted by Gasteiger charge is -2.31. The largest absolute Gasteiger partial charge is 0.474 e. The highest BCUT2D eigenvalue weighted by Crippen LogP contribution is 2.17. The van der Waals surface area contributed by atoms with Crippen molar-refractivity contribution in [1.29, 1.82) is 0 Å². The van der Waals surface area contributed by atoms with E-state index < -0.39 is 0 Å². The predicted molar refractivity (Wildman–Crippen MR) is 85.9 cm³/mol. The highest BCUT2D eigenvalue weighted by molar-refractivity contribution is 5.37. The van der Waals surface area contributed by atoms with E-state index in [2.05, 4.69) is 27.1 Å². The summed E-state index contributed by atoms with van der Waals surface area (Å²) in [6, 6.07) is 0.557. The van der Waals surface area contributed by atoms with Gasteiger partial charge in [0.15, 0.2) is 5.82 Å². The average Bonchev–Trinajstić information content (AvgIpc) is 2.47. The molecule has 1 aliphatic rings. The molecular weight excluding hydrogens is 264 g/mol. The quantitative estimate of drug-likeness (QED) is 0.837. The second-order valence-electron chi connectivity index (χ2n) is 5.97. The van der Waals surface area contributed by atoms with Gasteiger partial charge in [-0.15, -0.1) is 0 Å². The fourth-order valence-corrected chi connectivity index (χ4v) is 2.70. The van der Waals surface area contributed by atoms with Gasteiger partial charge in [0.25, 0.3) is 0 Å². The summed E-state index contributed by atoms with van der Waals surface area (Å²) in [5.41, 5.74) is 0. The van der Waals surface area contributed by atoms with Gasteiger partial charge in [0.2, 0.25) is 5.88 Å². The molecule has 1 aromatic heterocycles. The Hall–Kier alpha value is -1.36. The number of hydrogen-bond donors (Lipinski definition) is 1. The number of hydrogen-bond acceptors (Lipinski definition) is 5. The summed E-state index contributed by atoms with van der Waals surface area (Å²) < 4.78 is 5.66. The summed E-state index contributed by atoms with van der Waals surface area (Å²) >= 11 is 0. The molecule has 2 rings (SSSR count). The molecule has 0 saturated carbocycles. The normalized spacial score (nSPS) is 18.8. The molecule has 5 nitrogen and oxygen atoms in total. The van der Waals surface area contributed by atoms with Crippen LogP contribution in [-0.4, -0.2) is 41.7 Å². The van der Waals surface area contributed by atoms with E-state index in [4.69, 9.17) is 4.74 Å². The van der Waals surface area contributed by atoms with Crippen LogP contribution in [0, 0.1) is 0 Å². The molecule has 1 N–H and O–H groups in total. The molecule has 1 atom stereocenters. The molecule has 0 bridgehead atoms. The molecule has 1 aliphatic heterocycles. The minimum absolute atomic E-state index is 0.120. The summed E-state index contributed by atoms with van der Waals surface area (Å²) in [6.07, 6.45) is 8.60. The SMILES string of the molecule is CCCN(CC1CCCCN1)c1cncc(OC(C)C)n1. The molecule has 1 fully saturated rings. The van der Waals surface area contributed by atoms with Gasteiger partial charge in [-0.05, 0) is 39.7 Å². The van der Waals surface area contributed by atoms with Crippen molar-refractivity contribution in [3.8, 4) is 5.88 Å². The third kappa shape index (κ3) is 5.16. The van der Waals surface area contributed by atoms with Crippen molar-refractivity contribution >= 4 is 5.82 Å². The standard InChI is InChI=1S/C16H28N4O/c1-4-9-20(12-14-7-5-6-8-18-14)15-10-17-11-16(19-15)21-13(2)3/h10-11,13-14,18H,4-9,12H2,1-3H3. The molecule has 1 saturated heterocycles. The fraction of sp³-hybridized carbons (Fsp3) is 0.750. The number of rotatable bonds is 7. The van der Waals surface area contributed by atoms with Crippen LogP contribution in [0.5, 0.6) is 5.88 Å². The van der Waals surface area contributed by atoms with Gasteiger partial charge in [0.1, 0.15) is 0 Å². The summed E-state index contributed by atoms with van der Waals surface area (Å²) in [5.74, 6) is 1.53. The van der Waals surface area contributed by atoms with Crippen molar-refractivity contribution in [3.63, 3.8) is 0 Å². The maximum atomic E-state index is 5.66. The van der Waals surface area contributed by atoms with E-state index in [1.54, 1.807) is 6.20 Å². The van der Waals surface area contributed by atoms with E-state index in [1.165, 1.54) is 19.3 Å². The van der Waals surface area contributed by atoms with Gasteiger partial charge in [-0.25, -0.2) is 0 Å². The van der Waals surface area contributed by atoms with E-state index in [-0.39, 0.29) is 6.10 Å². The van der Waals surface area contributed by atoms with Crippen LogP contribution in [0.25, 0.3) is 0 Å². The minimum Gasteiger partial charge on any atom is -0.474 e. The molecule has 0 amide bonds. The minimum atomic E-state index is 0.120. The van der Waals surface area contributed by atoms with Crippen LogP contribution in [0.2, 0.25) is 0 Å². The first-order valence-electron chi connectivity index (χ1n) is 8.16. The number of anilines is 1. The van der Waals surface area contributed by atoms with Crippen molar-refractivity contribution in [1.82, 2.24) is 15.3 Å². The van der Waals surface area contributed by atoms with Crippen LogP contribution in [-0.2, 0) is 0 Å². The molecule has 0 aromatic carbocycles. The zero-order valence-corrected chi connectivity index (χ0v) is 13.5. The predicted octanol–water partition coefficient (Wildman–Crippen LogP) is 2.62. The lowest BCUT2D eigenvalue weighted by molar-refractivity contribution is 0.231. The van der Waals surface area contributed by atoms with Crippen molar-refractivity contribution in [3.05, 3.63) is 12.4 Å². The van der Waals surface area contributed by atoms with E-state index in [9.17, 15) is 0 Å². The zero-order chi connectivity index (χ0) is 15.1. The van der Waals surface area contributed by atoms with Crippen LogP contribution < -0.4 is 15.0 Å². The molecule has 1 aromatic rings. The molecule has 0 aliphatic carbocycles. The Balaban J connectivity index is 2.05. The summed E-state index contributed by atoms with van der Waals surface area (Å²) in [5, 5.41) is 3.60. The number of piperidine rings is 1. The number of aromatic nitrogens is 2. The van der Waals surface area contributed by atoms with Crippen LogP contribution in [0.1, 0.15) is 46.5 Å². The topological polar surface area (TPSA) is 50.3 Å². The summed E-state index contributed by atoms with van der Waals surface area (Å²) in [4.78, 5) is 11.2. The second-order valence-corrected chi connectivity index (χ2v) is 5.97. The lowest BCUT2D eigenvalue weighted by atomic mass is 10.0. The number of nitrogens with one attached hydrogen (secondary N) is 1. The Morgan fingerprint density at radius 1 is 1.38 bits per heavy atom. The summed E-state index contributed by atoms with van der Waals surface area (Å²) in [7, 11) is 0. The van der Waals surface area contributed by atoms with E-state index in [1.807, 2.05) is 20.0 Å². The van der Waals surface area contributed by atoms with Gasteiger partial charge in [0.05, 0.1) is 18.5 Å². The van der Waals surface area contributed by atoms with Gasteiger partial charge in [-0.3, -0.25) is 4.98 Å². The second kappa shape index (κ2) is 8.17. The monoisotopic (exact) mass is 292 g/mol. The Labute approximate surface area is 128 Å². The van der Waals surface area contributed by atoms with E-state index >= 15 is 0 Å². The highest BCUT2D eigenvalue weighted by atomic mass is 16.5. The van der Waals surface area contributed by atoms with Crippen molar-refractivity contribution in [2.24, 2.45) is 0 Å². The fourth-order valence-electron chi connectivity index (χ4n) is 2.70. The van der Waals surface area contributed by atoms with E-state index in [0.717, 1.165) is 31.9 Å². The van der Waals surface area contributed by atoms with Crippen LogP contribution in [0.4, 0.5) is 5.82 Å². The third-order valence-electron chi connectivity index (χ3n) is 3.63. The van der Waals surface area contributed by atoms with Gasteiger partial charge >= 0.3 is 0 Å². The Morgan fingerprint density at radius 2 is 2.24 bits per heavy atom. The van der Waals surface area contributed by atoms with Gasteiger partial charge in [-0.1, -0.05) is 13.3 Å². The number of nitrogens with zero attached hydrogens (tertiary/aromatic N) is 3. The Morgan fingerprint density at radius 3 is 2.90 bits per heavy atom. The van der Waals surface area contributed by atoms with Gasteiger partial charge in [0, 0.05) is 19.1 Å². The lowest BCUT2D eigenvalue weighted by Crippen LogP contribution is -2.44. The van der Waals surface area contributed by atoms with Crippen LogP contribution in [0.15, 0.2) is 12.4 Å². The molecule has 1 unspecified atom stereocenters. The molecule has 5 heteroatoms. The zero-order valence-electron chi connectivity index (χ0n) is 13.5. The smallest absolute Gasteiger partial charge is 0.234 e. The van der Waals surface area contributed by atoms with Crippen LogP contribution in [0.3, 0.4) is 0 Å². The molecule has 0 radical (unpaired) electrons. The Kier molecular flexibility index (Phi) is 6.23. The van der Waals surface area contributed by atoms with Crippen molar-refractivity contribution in [2.45, 2.75) is 58.6 Å². The van der Waals surface area contributed by atoms with Crippen molar-refractivity contribution in [2.75, 3.05) is 24.5 Å². The third-order valence-corrected chi connectivity index (χ3v) is 3.63. The molecule has 2 heterocycles.